The van der Waals surface area contributed by atoms with Crippen LogP contribution in [0, 0.1) is 0 Å². The van der Waals surface area contributed by atoms with Crippen LogP contribution in [0.25, 0.3) is 21.9 Å². The van der Waals surface area contributed by atoms with Gasteiger partial charge in [0, 0.05) is 11.1 Å². The van der Waals surface area contributed by atoms with Gasteiger partial charge < -0.3 is 0 Å². The van der Waals surface area contributed by atoms with Gasteiger partial charge in [-0.15, -0.1) is 0 Å². The van der Waals surface area contributed by atoms with Gasteiger partial charge in [0.1, 0.15) is 0 Å². The van der Waals surface area contributed by atoms with E-state index in [0.29, 0.717) is 21.9 Å². The molecule has 0 radical (unpaired) electrons. The highest BCUT2D eigenvalue weighted by Crippen LogP contribution is 2.30. The number of benzene rings is 2. The number of hydrogen-bond donors (Lipinski definition) is 0. The standard InChI is InChI=1S/C18H13F2N3S/c19-17(20)23-16-8-4-3-7-15(16)22-18(23)24-11-13-10-9-12-5-1-2-6-14(12)21-13/h1-10,17H,11H2. The molecule has 0 amide bonds. The van der Waals surface area contributed by atoms with Gasteiger partial charge in [-0.25, -0.2) is 4.98 Å². The number of nitrogens with zero attached hydrogens (tertiary/aromatic N) is 3. The van der Waals surface area contributed by atoms with Gasteiger partial charge >= 0.3 is 6.55 Å². The van der Waals surface area contributed by atoms with Crippen LogP contribution in [0.4, 0.5) is 8.78 Å². The van der Waals surface area contributed by atoms with Crippen molar-refractivity contribution in [3.05, 3.63) is 66.4 Å². The lowest BCUT2D eigenvalue weighted by Crippen LogP contribution is -2.00. The molecule has 0 spiro atoms. The Kier molecular flexibility index (Phi) is 3.90. The van der Waals surface area contributed by atoms with Crippen LogP contribution >= 0.6 is 11.8 Å². The summed E-state index contributed by atoms with van der Waals surface area (Å²) in [7, 11) is 0. The lowest BCUT2D eigenvalue weighted by Gasteiger charge is -2.07. The van der Waals surface area contributed by atoms with Crippen LogP contribution in [-0.4, -0.2) is 14.5 Å². The molecule has 0 fully saturated rings. The summed E-state index contributed by atoms with van der Waals surface area (Å²) in [5.74, 6) is 0.487. The topological polar surface area (TPSA) is 30.7 Å². The molecule has 0 N–H and O–H groups in total. The molecule has 0 saturated carbocycles. The van der Waals surface area contributed by atoms with Gasteiger partial charge in [0.05, 0.1) is 22.2 Å². The Bertz CT molecular complexity index is 1010. The summed E-state index contributed by atoms with van der Waals surface area (Å²) in [4.78, 5) is 8.90. The highest BCUT2D eigenvalue weighted by molar-refractivity contribution is 7.98. The maximum absolute atomic E-state index is 13.4. The number of halogens is 2. The fourth-order valence-corrected chi connectivity index (χ4v) is 3.56. The van der Waals surface area contributed by atoms with Gasteiger partial charge in [0.2, 0.25) is 0 Å². The molecule has 4 rings (SSSR count). The van der Waals surface area contributed by atoms with E-state index in [1.54, 1.807) is 24.3 Å². The molecule has 6 heteroatoms. The molecule has 0 aliphatic carbocycles. The smallest absolute Gasteiger partial charge is 0.261 e. The van der Waals surface area contributed by atoms with E-state index in [9.17, 15) is 8.78 Å². The monoisotopic (exact) mass is 341 g/mol. The first-order valence-corrected chi connectivity index (χ1v) is 8.43. The van der Waals surface area contributed by atoms with Crippen LogP contribution in [0.5, 0.6) is 0 Å². The number of aromatic nitrogens is 3. The molecule has 0 atom stereocenters. The van der Waals surface area contributed by atoms with E-state index < -0.39 is 6.55 Å². The second-order valence-electron chi connectivity index (χ2n) is 5.31. The predicted octanol–water partition coefficient (Wildman–Crippen LogP) is 5.27. The van der Waals surface area contributed by atoms with Crippen LogP contribution in [0.3, 0.4) is 0 Å². The second kappa shape index (κ2) is 6.20. The second-order valence-corrected chi connectivity index (χ2v) is 6.26. The molecule has 0 aliphatic heterocycles. The molecular formula is C18H13F2N3S. The molecule has 24 heavy (non-hydrogen) atoms. The Labute approximate surface area is 141 Å². The van der Waals surface area contributed by atoms with Crippen molar-refractivity contribution in [1.82, 2.24) is 14.5 Å². The molecule has 2 heterocycles. The Morgan fingerprint density at radius 1 is 0.875 bits per heavy atom. The minimum Gasteiger partial charge on any atom is -0.261 e. The van der Waals surface area contributed by atoms with E-state index >= 15 is 0 Å². The van der Waals surface area contributed by atoms with E-state index in [4.69, 9.17) is 0 Å². The van der Waals surface area contributed by atoms with Gasteiger partial charge in [-0.05, 0) is 24.3 Å². The lowest BCUT2D eigenvalue weighted by atomic mass is 10.2. The predicted molar refractivity (Wildman–Crippen MR) is 92.3 cm³/mol. The van der Waals surface area contributed by atoms with E-state index in [0.717, 1.165) is 21.2 Å². The Hall–Kier alpha value is -2.47. The van der Waals surface area contributed by atoms with Crippen LogP contribution in [0.2, 0.25) is 0 Å². The lowest BCUT2D eigenvalue weighted by molar-refractivity contribution is 0.0656. The number of thioether (sulfide) groups is 1. The molecule has 0 bridgehead atoms. The Balaban J connectivity index is 1.65. The van der Waals surface area contributed by atoms with Gasteiger partial charge in [-0.3, -0.25) is 9.55 Å². The van der Waals surface area contributed by atoms with E-state index in [2.05, 4.69) is 9.97 Å². The average Bonchev–Trinajstić information content (AvgIpc) is 2.98. The molecule has 0 unspecified atom stereocenters. The van der Waals surface area contributed by atoms with Crippen molar-refractivity contribution in [2.75, 3.05) is 0 Å². The van der Waals surface area contributed by atoms with Crippen LogP contribution in [0.1, 0.15) is 12.2 Å². The SMILES string of the molecule is FC(F)n1c(SCc2ccc3ccccc3n2)nc2ccccc21. The van der Waals surface area contributed by atoms with Crippen molar-refractivity contribution in [3.63, 3.8) is 0 Å². The van der Waals surface area contributed by atoms with Crippen molar-refractivity contribution in [2.45, 2.75) is 17.5 Å². The molecule has 3 nitrogen and oxygen atoms in total. The normalized spacial score (nSPS) is 11.6. The zero-order valence-electron chi connectivity index (χ0n) is 12.6. The molecule has 2 aromatic carbocycles. The van der Waals surface area contributed by atoms with Crippen LogP contribution < -0.4 is 0 Å². The highest BCUT2D eigenvalue weighted by atomic mass is 32.2. The third-order valence-electron chi connectivity index (χ3n) is 3.76. The van der Waals surface area contributed by atoms with E-state index in [1.807, 2.05) is 36.4 Å². The van der Waals surface area contributed by atoms with Gasteiger partial charge in [-0.2, -0.15) is 8.78 Å². The molecule has 0 saturated heterocycles. The molecule has 4 aromatic rings. The quantitative estimate of drug-likeness (QED) is 0.474. The first kappa shape index (κ1) is 15.1. The van der Waals surface area contributed by atoms with Crippen molar-refractivity contribution < 1.29 is 8.78 Å². The third kappa shape index (κ3) is 2.73. The zero-order valence-corrected chi connectivity index (χ0v) is 13.4. The summed E-state index contributed by atoms with van der Waals surface area (Å²) >= 11 is 1.27. The largest absolute Gasteiger partial charge is 0.321 e. The van der Waals surface area contributed by atoms with Crippen molar-refractivity contribution in [2.24, 2.45) is 0 Å². The zero-order chi connectivity index (χ0) is 16.5. The highest BCUT2D eigenvalue weighted by Gasteiger charge is 2.18. The van der Waals surface area contributed by atoms with E-state index in [-0.39, 0.29) is 0 Å². The van der Waals surface area contributed by atoms with Crippen LogP contribution in [0.15, 0.2) is 65.8 Å². The fourth-order valence-electron chi connectivity index (χ4n) is 2.64. The van der Waals surface area contributed by atoms with Crippen molar-refractivity contribution >= 4 is 33.7 Å². The number of fused-ring (bicyclic) bond motifs is 2. The van der Waals surface area contributed by atoms with Crippen molar-refractivity contribution in [1.29, 1.82) is 0 Å². The molecule has 0 aliphatic rings. The molecular weight excluding hydrogens is 328 g/mol. The average molecular weight is 341 g/mol. The van der Waals surface area contributed by atoms with Crippen molar-refractivity contribution in [3.8, 4) is 0 Å². The summed E-state index contributed by atoms with van der Waals surface area (Å²) in [6.07, 6.45) is 0. The van der Waals surface area contributed by atoms with Gasteiger partial charge in [0.15, 0.2) is 5.16 Å². The van der Waals surface area contributed by atoms with E-state index in [1.165, 1.54) is 11.8 Å². The minimum atomic E-state index is -2.62. The number of imidazole rings is 1. The number of alkyl halides is 2. The van der Waals surface area contributed by atoms with Crippen LogP contribution in [-0.2, 0) is 5.75 Å². The maximum atomic E-state index is 13.4. The number of para-hydroxylation sites is 3. The number of pyridine rings is 1. The summed E-state index contributed by atoms with van der Waals surface area (Å²) < 4.78 is 27.8. The summed E-state index contributed by atoms with van der Waals surface area (Å²) in [6.45, 7) is -2.62. The third-order valence-corrected chi connectivity index (χ3v) is 4.75. The first-order chi connectivity index (χ1) is 11.7. The summed E-state index contributed by atoms with van der Waals surface area (Å²) in [6, 6.07) is 18.7. The maximum Gasteiger partial charge on any atom is 0.321 e. The number of hydrogen-bond acceptors (Lipinski definition) is 3. The molecule has 120 valence electrons. The summed E-state index contributed by atoms with van der Waals surface area (Å²) in [5.41, 5.74) is 2.76. The number of rotatable bonds is 4. The Morgan fingerprint density at radius 3 is 2.46 bits per heavy atom. The molecule has 2 aromatic heterocycles. The summed E-state index contributed by atoms with van der Waals surface area (Å²) in [5, 5.41) is 1.37. The fraction of sp³-hybridized carbons (Fsp3) is 0.111. The minimum absolute atomic E-state index is 0.307. The Morgan fingerprint density at radius 2 is 1.62 bits per heavy atom. The van der Waals surface area contributed by atoms with Gasteiger partial charge in [0.25, 0.3) is 0 Å². The van der Waals surface area contributed by atoms with Gasteiger partial charge in [-0.1, -0.05) is 48.2 Å². The first-order valence-electron chi connectivity index (χ1n) is 7.45.